The van der Waals surface area contributed by atoms with Gasteiger partial charge in [-0.25, -0.2) is 0 Å². The monoisotopic (exact) mass is 141 g/mol. The molecule has 0 aromatic heterocycles. The Morgan fingerprint density at radius 2 is 2.44 bits per heavy atom. The molecule has 0 fully saturated rings. The van der Waals surface area contributed by atoms with Gasteiger partial charge in [0.1, 0.15) is 4.75 Å². The van der Waals surface area contributed by atoms with Crippen LogP contribution in [0.15, 0.2) is 12.7 Å². The van der Waals surface area contributed by atoms with Crippen molar-refractivity contribution in [3.63, 3.8) is 0 Å². The second kappa shape index (κ2) is 3.58. The van der Waals surface area contributed by atoms with Gasteiger partial charge in [-0.1, -0.05) is 6.08 Å². The standard InChI is InChI=1S/C7H11NS/c1-4-5-7(2,6-8)9-3/h4H,1,5H2,2-3H3. The molecule has 1 nitrogen and oxygen atoms in total. The second-order valence-corrected chi connectivity index (χ2v) is 3.35. The van der Waals surface area contributed by atoms with Gasteiger partial charge in [-0.15, -0.1) is 18.3 Å². The van der Waals surface area contributed by atoms with Crippen LogP contribution in [0, 0.1) is 11.3 Å². The van der Waals surface area contributed by atoms with Crippen LogP contribution >= 0.6 is 11.8 Å². The van der Waals surface area contributed by atoms with Gasteiger partial charge in [-0.2, -0.15) is 5.26 Å². The van der Waals surface area contributed by atoms with Gasteiger partial charge in [-0.3, -0.25) is 0 Å². The Labute approximate surface area is 60.8 Å². The molecule has 2 heteroatoms. The molecular formula is C7H11NS. The van der Waals surface area contributed by atoms with Gasteiger partial charge in [0.05, 0.1) is 6.07 Å². The zero-order chi connectivity index (χ0) is 7.33. The van der Waals surface area contributed by atoms with E-state index in [2.05, 4.69) is 12.6 Å². The predicted octanol–water partition coefficient (Wildman–Crippen LogP) is 2.21. The van der Waals surface area contributed by atoms with E-state index in [0.29, 0.717) is 0 Å². The molecule has 0 aliphatic rings. The zero-order valence-electron chi connectivity index (χ0n) is 5.85. The Balaban J connectivity index is 3.96. The van der Waals surface area contributed by atoms with Gasteiger partial charge in [-0.05, 0) is 19.6 Å². The SMILES string of the molecule is C=CCC(C)(C#N)SC. The van der Waals surface area contributed by atoms with Crippen LogP contribution in [0.2, 0.25) is 0 Å². The summed E-state index contributed by atoms with van der Waals surface area (Å²) in [7, 11) is 0. The van der Waals surface area contributed by atoms with E-state index >= 15 is 0 Å². The van der Waals surface area contributed by atoms with Crippen molar-refractivity contribution in [2.75, 3.05) is 6.26 Å². The van der Waals surface area contributed by atoms with Crippen molar-refractivity contribution in [1.29, 1.82) is 5.26 Å². The van der Waals surface area contributed by atoms with Crippen molar-refractivity contribution >= 4 is 11.8 Å². The van der Waals surface area contributed by atoms with E-state index in [1.807, 2.05) is 13.2 Å². The highest BCUT2D eigenvalue weighted by Gasteiger charge is 2.19. The molecule has 0 amide bonds. The quantitative estimate of drug-likeness (QED) is 0.563. The van der Waals surface area contributed by atoms with E-state index in [9.17, 15) is 0 Å². The lowest BCUT2D eigenvalue weighted by Gasteiger charge is -2.14. The summed E-state index contributed by atoms with van der Waals surface area (Å²) < 4.78 is -0.262. The largest absolute Gasteiger partial charge is 0.197 e. The lowest BCUT2D eigenvalue weighted by molar-refractivity contribution is 0.824. The molecule has 0 spiro atoms. The second-order valence-electron chi connectivity index (χ2n) is 2.04. The summed E-state index contributed by atoms with van der Waals surface area (Å²) in [5, 5.41) is 8.60. The number of hydrogen-bond donors (Lipinski definition) is 0. The predicted molar refractivity (Wildman–Crippen MR) is 42.3 cm³/mol. The average molecular weight is 141 g/mol. The zero-order valence-corrected chi connectivity index (χ0v) is 6.66. The summed E-state index contributed by atoms with van der Waals surface area (Å²) in [5.41, 5.74) is 0. The lowest BCUT2D eigenvalue weighted by atomic mass is 10.1. The maximum atomic E-state index is 8.60. The molecule has 50 valence electrons. The number of thioether (sulfide) groups is 1. The molecule has 0 aliphatic heterocycles. The van der Waals surface area contributed by atoms with Crippen LogP contribution in [0.4, 0.5) is 0 Å². The number of allylic oxidation sites excluding steroid dienone is 1. The third-order valence-corrected chi connectivity index (χ3v) is 2.38. The minimum Gasteiger partial charge on any atom is -0.197 e. The topological polar surface area (TPSA) is 23.8 Å². The first kappa shape index (κ1) is 8.58. The summed E-state index contributed by atoms with van der Waals surface area (Å²) >= 11 is 1.56. The Morgan fingerprint density at radius 1 is 1.89 bits per heavy atom. The Hall–Kier alpha value is -0.420. The first-order valence-corrected chi connectivity index (χ1v) is 3.98. The van der Waals surface area contributed by atoms with E-state index in [0.717, 1.165) is 6.42 Å². The van der Waals surface area contributed by atoms with Crippen LogP contribution in [0.25, 0.3) is 0 Å². The molecule has 0 saturated heterocycles. The molecule has 0 heterocycles. The fourth-order valence-electron chi connectivity index (χ4n) is 0.450. The molecule has 0 saturated carbocycles. The van der Waals surface area contributed by atoms with Crippen LogP contribution < -0.4 is 0 Å². The third-order valence-electron chi connectivity index (χ3n) is 1.22. The van der Waals surface area contributed by atoms with Crippen LogP contribution in [0.3, 0.4) is 0 Å². The Kier molecular flexibility index (Phi) is 3.41. The van der Waals surface area contributed by atoms with E-state index < -0.39 is 0 Å². The highest BCUT2D eigenvalue weighted by molar-refractivity contribution is 8.00. The maximum absolute atomic E-state index is 8.60. The van der Waals surface area contributed by atoms with Crippen LogP contribution in [-0.4, -0.2) is 11.0 Å². The van der Waals surface area contributed by atoms with Crippen molar-refractivity contribution in [1.82, 2.24) is 0 Å². The van der Waals surface area contributed by atoms with E-state index in [4.69, 9.17) is 5.26 Å². The minimum absolute atomic E-state index is 0.262. The highest BCUT2D eigenvalue weighted by atomic mass is 32.2. The van der Waals surface area contributed by atoms with Crippen molar-refractivity contribution in [2.24, 2.45) is 0 Å². The highest BCUT2D eigenvalue weighted by Crippen LogP contribution is 2.24. The molecule has 0 rings (SSSR count). The van der Waals surface area contributed by atoms with E-state index in [1.54, 1.807) is 17.8 Å². The molecular weight excluding hydrogens is 130 g/mol. The molecule has 0 aromatic rings. The first-order chi connectivity index (χ1) is 4.18. The van der Waals surface area contributed by atoms with Gasteiger partial charge in [0.2, 0.25) is 0 Å². The van der Waals surface area contributed by atoms with Crippen molar-refractivity contribution in [2.45, 2.75) is 18.1 Å². The van der Waals surface area contributed by atoms with E-state index in [-0.39, 0.29) is 4.75 Å². The normalized spacial score (nSPS) is 15.7. The third kappa shape index (κ3) is 2.57. The molecule has 1 unspecified atom stereocenters. The lowest BCUT2D eigenvalue weighted by Crippen LogP contribution is -2.14. The van der Waals surface area contributed by atoms with Crippen LogP contribution in [0.1, 0.15) is 13.3 Å². The molecule has 1 atom stereocenters. The molecule has 0 aromatic carbocycles. The number of hydrogen-bond acceptors (Lipinski definition) is 2. The Bertz CT molecular complexity index is 136. The average Bonchev–Trinajstić information content (AvgIpc) is 1.89. The fourth-order valence-corrected chi connectivity index (χ4v) is 0.826. The maximum Gasteiger partial charge on any atom is 0.103 e. The van der Waals surface area contributed by atoms with Crippen molar-refractivity contribution in [3.8, 4) is 6.07 Å². The van der Waals surface area contributed by atoms with Crippen molar-refractivity contribution < 1.29 is 0 Å². The van der Waals surface area contributed by atoms with Gasteiger partial charge in [0.15, 0.2) is 0 Å². The molecule has 0 N–H and O–H groups in total. The fraction of sp³-hybridized carbons (Fsp3) is 0.571. The van der Waals surface area contributed by atoms with Crippen molar-refractivity contribution in [3.05, 3.63) is 12.7 Å². The molecule has 9 heavy (non-hydrogen) atoms. The van der Waals surface area contributed by atoms with Crippen LogP contribution in [0.5, 0.6) is 0 Å². The number of nitrogens with zero attached hydrogens (tertiary/aromatic N) is 1. The smallest absolute Gasteiger partial charge is 0.103 e. The molecule has 0 aliphatic carbocycles. The Morgan fingerprint density at radius 3 is 2.56 bits per heavy atom. The first-order valence-electron chi connectivity index (χ1n) is 2.76. The van der Waals surface area contributed by atoms with Gasteiger partial charge >= 0.3 is 0 Å². The number of rotatable bonds is 3. The number of nitriles is 1. The summed E-state index contributed by atoms with van der Waals surface area (Å²) in [6.07, 6.45) is 4.47. The molecule has 0 bridgehead atoms. The summed E-state index contributed by atoms with van der Waals surface area (Å²) in [5.74, 6) is 0. The summed E-state index contributed by atoms with van der Waals surface area (Å²) in [6.45, 7) is 5.49. The summed E-state index contributed by atoms with van der Waals surface area (Å²) in [6, 6.07) is 2.22. The van der Waals surface area contributed by atoms with Gasteiger partial charge in [0, 0.05) is 0 Å². The minimum atomic E-state index is -0.262. The van der Waals surface area contributed by atoms with Gasteiger partial charge in [0.25, 0.3) is 0 Å². The molecule has 0 radical (unpaired) electrons. The van der Waals surface area contributed by atoms with Crippen LogP contribution in [-0.2, 0) is 0 Å². The van der Waals surface area contributed by atoms with Gasteiger partial charge < -0.3 is 0 Å². The summed E-state index contributed by atoms with van der Waals surface area (Å²) in [4.78, 5) is 0. The van der Waals surface area contributed by atoms with E-state index in [1.165, 1.54) is 0 Å².